The molecule has 0 fully saturated rings. The molecule has 0 amide bonds. The van der Waals surface area contributed by atoms with Gasteiger partial charge in [0, 0.05) is 0 Å². The average Bonchev–Trinajstić information content (AvgIpc) is 2.66. The highest BCUT2D eigenvalue weighted by atomic mass is 19.4. The number of fused-ring (bicyclic) bond motifs is 1. The highest BCUT2D eigenvalue weighted by Crippen LogP contribution is 2.33. The minimum atomic E-state index is -4.23. The molecule has 0 bridgehead atoms. The second-order valence-corrected chi connectivity index (χ2v) is 3.77. The van der Waals surface area contributed by atoms with Crippen LogP contribution in [0.4, 0.5) is 13.2 Å². The number of furan rings is 1. The zero-order chi connectivity index (χ0) is 13.2. The van der Waals surface area contributed by atoms with Crippen LogP contribution < -0.4 is 10.5 Å². The van der Waals surface area contributed by atoms with Gasteiger partial charge < -0.3 is 14.9 Å². The highest BCUT2D eigenvalue weighted by Gasteiger charge is 2.27. The molecule has 1 aromatic carbocycles. The molecule has 0 radical (unpaired) electrons. The van der Waals surface area contributed by atoms with Crippen LogP contribution in [-0.4, -0.2) is 12.8 Å². The Hall–Kier alpha value is -1.69. The molecule has 0 aliphatic rings. The van der Waals surface area contributed by atoms with Crippen LogP contribution in [0.2, 0.25) is 0 Å². The number of hydrogen-bond acceptors (Lipinski definition) is 3. The molecule has 0 unspecified atom stereocenters. The zero-order valence-electron chi connectivity index (χ0n) is 9.46. The number of rotatable bonds is 4. The molecule has 1 aromatic heterocycles. The summed E-state index contributed by atoms with van der Waals surface area (Å²) in [5, 5.41) is 0.639. The van der Waals surface area contributed by atoms with E-state index in [1.807, 2.05) is 0 Å². The summed E-state index contributed by atoms with van der Waals surface area (Å²) in [4.78, 5) is 0. The van der Waals surface area contributed by atoms with E-state index >= 15 is 0 Å². The first-order valence-corrected chi connectivity index (χ1v) is 5.41. The van der Waals surface area contributed by atoms with Crippen molar-refractivity contribution in [2.75, 3.05) is 6.61 Å². The minimum absolute atomic E-state index is 0.0794. The molecule has 18 heavy (non-hydrogen) atoms. The third kappa shape index (κ3) is 2.76. The molecule has 98 valence electrons. The highest BCUT2D eigenvalue weighted by molar-refractivity contribution is 5.85. The Balaban J connectivity index is 2.20. The molecule has 6 heteroatoms. The van der Waals surface area contributed by atoms with Crippen LogP contribution in [0.3, 0.4) is 0 Å². The Kier molecular flexibility index (Phi) is 3.47. The van der Waals surface area contributed by atoms with Gasteiger partial charge in [-0.2, -0.15) is 13.2 Å². The predicted octanol–water partition coefficient (Wildman–Crippen LogP) is 3.22. The third-order valence-corrected chi connectivity index (χ3v) is 2.44. The van der Waals surface area contributed by atoms with Crippen LogP contribution in [0.5, 0.6) is 5.75 Å². The lowest BCUT2D eigenvalue weighted by atomic mass is 10.2. The van der Waals surface area contributed by atoms with Gasteiger partial charge in [-0.25, -0.2) is 0 Å². The molecule has 0 saturated heterocycles. The molecule has 2 rings (SSSR count). The molecule has 0 aliphatic heterocycles. The van der Waals surface area contributed by atoms with E-state index in [4.69, 9.17) is 14.9 Å². The van der Waals surface area contributed by atoms with Crippen LogP contribution in [0, 0.1) is 0 Å². The first kappa shape index (κ1) is 12.8. The summed E-state index contributed by atoms with van der Waals surface area (Å²) in [6.45, 7) is -0.365. The Morgan fingerprint density at radius 2 is 1.94 bits per heavy atom. The summed E-state index contributed by atoms with van der Waals surface area (Å²) >= 11 is 0. The molecule has 2 aromatic rings. The number of benzene rings is 1. The van der Waals surface area contributed by atoms with Gasteiger partial charge in [-0.05, 0) is 12.1 Å². The maximum Gasteiger partial charge on any atom is 0.392 e. The van der Waals surface area contributed by atoms with Crippen molar-refractivity contribution in [1.29, 1.82) is 0 Å². The predicted molar refractivity (Wildman–Crippen MR) is 60.3 cm³/mol. The smallest absolute Gasteiger partial charge is 0.392 e. The number of para-hydroxylation sites is 1. The Labute approximate surface area is 101 Å². The van der Waals surface area contributed by atoms with Crippen LogP contribution in [0.1, 0.15) is 12.2 Å². The van der Waals surface area contributed by atoms with Gasteiger partial charge in [0.1, 0.15) is 5.58 Å². The molecule has 0 aliphatic carbocycles. The topological polar surface area (TPSA) is 48.4 Å². The summed E-state index contributed by atoms with van der Waals surface area (Å²) in [6, 6.07) is 6.96. The average molecular weight is 259 g/mol. The third-order valence-electron chi connectivity index (χ3n) is 2.44. The van der Waals surface area contributed by atoms with Gasteiger partial charge in [0.15, 0.2) is 11.5 Å². The van der Waals surface area contributed by atoms with Gasteiger partial charge in [-0.1, -0.05) is 12.1 Å². The van der Waals surface area contributed by atoms with E-state index in [2.05, 4.69) is 0 Å². The molecule has 2 N–H and O–H groups in total. The van der Waals surface area contributed by atoms with Crippen LogP contribution >= 0.6 is 0 Å². The Bertz CT molecular complexity index is 534. The number of nitrogens with two attached hydrogens (primary N) is 1. The van der Waals surface area contributed by atoms with E-state index < -0.39 is 19.2 Å². The lowest BCUT2D eigenvalue weighted by Crippen LogP contribution is -2.13. The van der Waals surface area contributed by atoms with Gasteiger partial charge in [0.25, 0.3) is 0 Å². The fourth-order valence-electron chi connectivity index (χ4n) is 1.63. The summed E-state index contributed by atoms with van der Waals surface area (Å²) in [5.74, 6) is 0.663. The number of alkyl halides is 3. The second-order valence-electron chi connectivity index (χ2n) is 3.77. The van der Waals surface area contributed by atoms with Crippen molar-refractivity contribution in [2.45, 2.75) is 19.1 Å². The van der Waals surface area contributed by atoms with Gasteiger partial charge in [0.2, 0.25) is 0 Å². The summed E-state index contributed by atoms with van der Waals surface area (Å²) < 4.78 is 46.7. The van der Waals surface area contributed by atoms with Crippen molar-refractivity contribution < 1.29 is 22.3 Å². The first-order valence-electron chi connectivity index (χ1n) is 5.41. The van der Waals surface area contributed by atoms with Crippen molar-refractivity contribution in [3.05, 3.63) is 30.0 Å². The van der Waals surface area contributed by atoms with Crippen LogP contribution in [0.25, 0.3) is 11.0 Å². The lowest BCUT2D eigenvalue weighted by Gasteiger charge is -2.08. The maximum absolute atomic E-state index is 12.1. The lowest BCUT2D eigenvalue weighted by molar-refractivity contribution is -0.139. The minimum Gasteiger partial charge on any atom is -0.489 e. The van der Waals surface area contributed by atoms with E-state index in [0.717, 1.165) is 0 Å². The molecule has 3 nitrogen and oxygen atoms in total. The molecular weight excluding hydrogens is 247 g/mol. The number of ether oxygens (including phenoxy) is 1. The van der Waals surface area contributed by atoms with Gasteiger partial charge in [0.05, 0.1) is 25.0 Å². The van der Waals surface area contributed by atoms with E-state index in [9.17, 15) is 13.2 Å². The van der Waals surface area contributed by atoms with Crippen molar-refractivity contribution in [3.63, 3.8) is 0 Å². The molecule has 0 spiro atoms. The van der Waals surface area contributed by atoms with Crippen molar-refractivity contribution in [2.24, 2.45) is 5.73 Å². The van der Waals surface area contributed by atoms with E-state index in [-0.39, 0.29) is 6.54 Å². The van der Waals surface area contributed by atoms with Crippen LogP contribution in [0.15, 0.2) is 28.7 Å². The summed E-state index contributed by atoms with van der Waals surface area (Å²) in [5.41, 5.74) is 6.03. The molecular formula is C12H12F3NO2. The zero-order valence-corrected chi connectivity index (χ0v) is 9.46. The fraction of sp³-hybridized carbons (Fsp3) is 0.333. The standard InChI is InChI=1S/C12H12F3NO2/c13-12(14,15)5-6-17-11-8-3-1-2-4-9(8)18-10(11)7-16/h1-4H,5-7,16H2. The van der Waals surface area contributed by atoms with E-state index in [0.29, 0.717) is 22.5 Å². The van der Waals surface area contributed by atoms with Crippen LogP contribution in [-0.2, 0) is 6.54 Å². The maximum atomic E-state index is 12.1. The van der Waals surface area contributed by atoms with E-state index in [1.165, 1.54) is 0 Å². The van der Waals surface area contributed by atoms with Crippen molar-refractivity contribution in [3.8, 4) is 5.75 Å². The Morgan fingerprint density at radius 3 is 2.61 bits per heavy atom. The molecule has 0 atom stereocenters. The quantitative estimate of drug-likeness (QED) is 0.917. The fourth-order valence-corrected chi connectivity index (χ4v) is 1.63. The number of hydrogen-bond donors (Lipinski definition) is 1. The second kappa shape index (κ2) is 4.89. The first-order chi connectivity index (χ1) is 8.51. The monoisotopic (exact) mass is 259 g/mol. The van der Waals surface area contributed by atoms with E-state index in [1.54, 1.807) is 24.3 Å². The molecule has 0 saturated carbocycles. The van der Waals surface area contributed by atoms with Crippen molar-refractivity contribution in [1.82, 2.24) is 0 Å². The van der Waals surface area contributed by atoms with Gasteiger partial charge in [-0.3, -0.25) is 0 Å². The number of halogens is 3. The summed E-state index contributed by atoms with van der Waals surface area (Å²) in [7, 11) is 0. The van der Waals surface area contributed by atoms with Gasteiger partial charge in [-0.15, -0.1) is 0 Å². The van der Waals surface area contributed by atoms with Gasteiger partial charge >= 0.3 is 6.18 Å². The largest absolute Gasteiger partial charge is 0.489 e. The Morgan fingerprint density at radius 1 is 1.22 bits per heavy atom. The summed E-state index contributed by atoms with van der Waals surface area (Å²) in [6.07, 6.45) is -5.24. The molecule has 1 heterocycles. The normalized spacial score (nSPS) is 12.0. The van der Waals surface area contributed by atoms with Crippen molar-refractivity contribution >= 4 is 11.0 Å². The SMILES string of the molecule is NCc1oc2ccccc2c1OCCC(F)(F)F.